The van der Waals surface area contributed by atoms with E-state index >= 15 is 0 Å². The summed E-state index contributed by atoms with van der Waals surface area (Å²) in [4.78, 5) is 26.3. The van der Waals surface area contributed by atoms with Crippen LogP contribution in [0.5, 0.6) is 0 Å². The van der Waals surface area contributed by atoms with Crippen molar-refractivity contribution < 1.29 is 14.0 Å². The summed E-state index contributed by atoms with van der Waals surface area (Å²) in [5.41, 5.74) is 0.0938. The zero-order chi connectivity index (χ0) is 13.9. The van der Waals surface area contributed by atoms with Crippen molar-refractivity contribution in [2.24, 2.45) is 23.7 Å². The minimum atomic E-state index is -0.520. The molecule has 0 unspecified atom stereocenters. The third-order valence-corrected chi connectivity index (χ3v) is 4.85. The SMILES string of the molecule is O=C1[C@@H]2[C@@H](C(=O)N1c1ccccc1F)[C@H]1C=C[C@H]2CC1. The molecular weight excluding hydrogens is 257 g/mol. The molecule has 0 aromatic heterocycles. The topological polar surface area (TPSA) is 37.4 Å². The number of fused-ring (bicyclic) bond motifs is 1. The number of hydrogen-bond donors (Lipinski definition) is 0. The number of halogens is 1. The van der Waals surface area contributed by atoms with Gasteiger partial charge >= 0.3 is 0 Å². The summed E-state index contributed by atoms with van der Waals surface area (Å²) in [7, 11) is 0. The minimum absolute atomic E-state index is 0.0938. The van der Waals surface area contributed by atoms with Crippen LogP contribution in [-0.2, 0) is 9.59 Å². The highest BCUT2D eigenvalue weighted by Crippen LogP contribution is 2.50. The van der Waals surface area contributed by atoms with E-state index in [1.807, 2.05) is 0 Å². The maximum absolute atomic E-state index is 13.9. The highest BCUT2D eigenvalue weighted by Gasteiger charge is 2.57. The van der Waals surface area contributed by atoms with E-state index in [4.69, 9.17) is 0 Å². The molecule has 5 rings (SSSR count). The van der Waals surface area contributed by atoms with E-state index in [1.54, 1.807) is 12.1 Å². The zero-order valence-corrected chi connectivity index (χ0v) is 10.8. The van der Waals surface area contributed by atoms with Crippen molar-refractivity contribution in [2.45, 2.75) is 12.8 Å². The van der Waals surface area contributed by atoms with Crippen LogP contribution < -0.4 is 4.90 Å². The lowest BCUT2D eigenvalue weighted by molar-refractivity contribution is -0.124. The number of rotatable bonds is 1. The van der Waals surface area contributed by atoms with Crippen LogP contribution in [0.2, 0.25) is 0 Å². The van der Waals surface area contributed by atoms with Crippen LogP contribution >= 0.6 is 0 Å². The number of anilines is 1. The molecule has 1 saturated carbocycles. The van der Waals surface area contributed by atoms with Gasteiger partial charge in [-0.1, -0.05) is 24.3 Å². The number of imide groups is 1. The van der Waals surface area contributed by atoms with E-state index in [2.05, 4.69) is 12.2 Å². The summed E-state index contributed by atoms with van der Waals surface area (Å²) >= 11 is 0. The van der Waals surface area contributed by atoms with Crippen molar-refractivity contribution in [3.63, 3.8) is 0 Å². The van der Waals surface area contributed by atoms with Crippen molar-refractivity contribution in [3.05, 3.63) is 42.2 Å². The lowest BCUT2D eigenvalue weighted by Gasteiger charge is -2.38. The Morgan fingerprint density at radius 3 is 2.00 bits per heavy atom. The fourth-order valence-corrected chi connectivity index (χ4v) is 3.94. The predicted octanol–water partition coefficient (Wildman–Crippen LogP) is 2.53. The second-order valence-corrected chi connectivity index (χ2v) is 5.80. The van der Waals surface area contributed by atoms with Crippen LogP contribution in [0.1, 0.15) is 12.8 Å². The third kappa shape index (κ3) is 1.39. The molecule has 1 saturated heterocycles. The second kappa shape index (κ2) is 4.01. The van der Waals surface area contributed by atoms with Gasteiger partial charge in [-0.25, -0.2) is 9.29 Å². The van der Waals surface area contributed by atoms with E-state index in [0.717, 1.165) is 17.7 Å². The number of nitrogens with zero attached hydrogens (tertiary/aromatic N) is 1. The Bertz CT molecular complexity index is 607. The molecule has 4 heteroatoms. The first-order chi connectivity index (χ1) is 9.68. The van der Waals surface area contributed by atoms with Crippen LogP contribution in [-0.4, -0.2) is 11.8 Å². The standard InChI is InChI=1S/C16H14FNO2/c17-11-3-1-2-4-12(11)18-15(19)13-9-5-6-10(8-7-9)14(13)16(18)20/h1-6,9-10,13-14H,7-8H2/t9-,10-,13-,14-/m0/s1. The van der Waals surface area contributed by atoms with E-state index in [0.29, 0.717) is 0 Å². The number of amides is 2. The van der Waals surface area contributed by atoms with Crippen molar-refractivity contribution in [1.82, 2.24) is 0 Å². The highest BCUT2D eigenvalue weighted by molar-refractivity contribution is 6.22. The molecule has 20 heavy (non-hydrogen) atoms. The summed E-state index contributed by atoms with van der Waals surface area (Å²) in [6.07, 6.45) is 6.02. The molecule has 102 valence electrons. The summed E-state index contributed by atoms with van der Waals surface area (Å²) in [6.45, 7) is 0. The van der Waals surface area contributed by atoms with Crippen LogP contribution in [0.4, 0.5) is 10.1 Å². The first-order valence-corrected chi connectivity index (χ1v) is 6.99. The Hall–Kier alpha value is -1.97. The second-order valence-electron chi connectivity index (χ2n) is 5.80. The van der Waals surface area contributed by atoms with Crippen LogP contribution in [0.15, 0.2) is 36.4 Å². The van der Waals surface area contributed by atoms with Crippen molar-refractivity contribution in [2.75, 3.05) is 4.90 Å². The monoisotopic (exact) mass is 271 g/mol. The average Bonchev–Trinajstić information content (AvgIpc) is 2.75. The Kier molecular flexibility index (Phi) is 2.37. The molecule has 1 aliphatic heterocycles. The molecule has 3 nitrogen and oxygen atoms in total. The van der Waals surface area contributed by atoms with Crippen LogP contribution in [0, 0.1) is 29.5 Å². The van der Waals surface area contributed by atoms with Crippen molar-refractivity contribution >= 4 is 17.5 Å². The first-order valence-electron chi connectivity index (χ1n) is 6.99. The van der Waals surface area contributed by atoms with Gasteiger partial charge in [-0.2, -0.15) is 0 Å². The lowest BCUT2D eigenvalue weighted by atomic mass is 9.63. The molecule has 3 aliphatic carbocycles. The molecule has 2 amide bonds. The zero-order valence-electron chi connectivity index (χ0n) is 10.8. The summed E-state index contributed by atoms with van der Waals surface area (Å²) in [6, 6.07) is 5.98. The molecule has 0 radical (unpaired) electrons. The van der Waals surface area contributed by atoms with Gasteiger partial charge in [0.1, 0.15) is 5.82 Å². The third-order valence-electron chi connectivity index (χ3n) is 4.85. The molecule has 0 spiro atoms. The number of benzene rings is 1. The molecule has 4 aliphatic rings. The van der Waals surface area contributed by atoms with Gasteiger partial charge in [0.25, 0.3) is 0 Å². The summed E-state index contributed by atoms with van der Waals surface area (Å²) in [5, 5.41) is 0. The average molecular weight is 271 g/mol. The molecular formula is C16H14FNO2. The fourth-order valence-electron chi connectivity index (χ4n) is 3.94. The van der Waals surface area contributed by atoms with Crippen molar-refractivity contribution in [1.29, 1.82) is 0 Å². The van der Waals surface area contributed by atoms with E-state index in [-0.39, 0.29) is 41.2 Å². The molecule has 2 fully saturated rings. The Morgan fingerprint density at radius 2 is 1.50 bits per heavy atom. The Labute approximate surface area is 116 Å². The Morgan fingerprint density at radius 1 is 0.950 bits per heavy atom. The predicted molar refractivity (Wildman–Crippen MR) is 71.2 cm³/mol. The summed E-state index contributed by atoms with van der Waals surface area (Å²) in [5.74, 6) is -1.28. The van der Waals surface area contributed by atoms with E-state index in [9.17, 15) is 14.0 Å². The molecule has 1 heterocycles. The molecule has 1 aromatic rings. The maximum Gasteiger partial charge on any atom is 0.238 e. The molecule has 0 N–H and O–H groups in total. The number of carbonyl (C=O) groups excluding carboxylic acids is 2. The van der Waals surface area contributed by atoms with Gasteiger partial charge in [0.15, 0.2) is 0 Å². The van der Waals surface area contributed by atoms with Gasteiger partial charge in [-0.05, 0) is 36.8 Å². The van der Waals surface area contributed by atoms with E-state index in [1.165, 1.54) is 12.1 Å². The van der Waals surface area contributed by atoms with Crippen LogP contribution in [0.3, 0.4) is 0 Å². The molecule has 4 atom stereocenters. The van der Waals surface area contributed by atoms with Gasteiger partial charge in [0, 0.05) is 0 Å². The quantitative estimate of drug-likeness (QED) is 0.581. The lowest BCUT2D eigenvalue weighted by Crippen LogP contribution is -2.38. The van der Waals surface area contributed by atoms with E-state index < -0.39 is 5.82 Å². The van der Waals surface area contributed by atoms with Gasteiger partial charge < -0.3 is 0 Å². The number of para-hydroxylation sites is 1. The van der Waals surface area contributed by atoms with Crippen LogP contribution in [0.25, 0.3) is 0 Å². The fraction of sp³-hybridized carbons (Fsp3) is 0.375. The first kappa shape index (κ1) is 11.8. The largest absolute Gasteiger partial charge is 0.274 e. The van der Waals surface area contributed by atoms with Gasteiger partial charge in [0.05, 0.1) is 17.5 Å². The number of hydrogen-bond acceptors (Lipinski definition) is 2. The molecule has 1 aromatic carbocycles. The number of carbonyl (C=O) groups is 2. The van der Waals surface area contributed by atoms with Gasteiger partial charge in [-0.3, -0.25) is 9.59 Å². The minimum Gasteiger partial charge on any atom is -0.274 e. The van der Waals surface area contributed by atoms with Gasteiger partial charge in [0.2, 0.25) is 11.8 Å². The van der Waals surface area contributed by atoms with Gasteiger partial charge in [-0.15, -0.1) is 0 Å². The highest BCUT2D eigenvalue weighted by atomic mass is 19.1. The normalized spacial score (nSPS) is 34.8. The molecule has 2 bridgehead atoms. The summed E-state index contributed by atoms with van der Waals surface area (Å²) < 4.78 is 13.9. The smallest absolute Gasteiger partial charge is 0.238 e. The Balaban J connectivity index is 1.80. The van der Waals surface area contributed by atoms with Crippen molar-refractivity contribution in [3.8, 4) is 0 Å². The number of allylic oxidation sites excluding steroid dienone is 2. The maximum atomic E-state index is 13.9.